The number of hydrogen-bond acceptors (Lipinski definition) is 2. The van der Waals surface area contributed by atoms with Gasteiger partial charge in [0.2, 0.25) is 0 Å². The van der Waals surface area contributed by atoms with Crippen molar-refractivity contribution in [2.45, 2.75) is 26.5 Å². The molecule has 1 N–H and O–H groups in total. The molecule has 0 bridgehead atoms. The van der Waals surface area contributed by atoms with E-state index in [1.54, 1.807) is 6.07 Å². The second kappa shape index (κ2) is 7.59. The van der Waals surface area contributed by atoms with E-state index in [4.69, 9.17) is 28.2 Å². The van der Waals surface area contributed by atoms with Crippen molar-refractivity contribution in [3.63, 3.8) is 0 Å². The number of fused-ring (bicyclic) bond motifs is 1. The Morgan fingerprint density at radius 1 is 0.929 bits per heavy atom. The number of rotatable bonds is 4. The second-order valence-corrected chi connectivity index (χ2v) is 7.86. The highest BCUT2D eigenvalue weighted by Crippen LogP contribution is 2.29. The van der Waals surface area contributed by atoms with E-state index in [0.717, 1.165) is 22.2 Å². The molecule has 0 fully saturated rings. The van der Waals surface area contributed by atoms with Gasteiger partial charge in [0.15, 0.2) is 0 Å². The van der Waals surface area contributed by atoms with Crippen molar-refractivity contribution in [1.82, 2.24) is 9.55 Å². The van der Waals surface area contributed by atoms with Crippen LogP contribution in [0.1, 0.15) is 34.2 Å². The van der Waals surface area contributed by atoms with Gasteiger partial charge in [0.05, 0.1) is 21.1 Å². The van der Waals surface area contributed by atoms with E-state index in [0.29, 0.717) is 22.4 Å². The lowest BCUT2D eigenvalue weighted by atomic mass is 10.1. The molecule has 142 valence electrons. The summed E-state index contributed by atoms with van der Waals surface area (Å²) in [5, 5.41) is 12.1. The number of nitrogens with zero attached hydrogens (tertiary/aromatic N) is 2. The van der Waals surface area contributed by atoms with Crippen LogP contribution in [0.4, 0.5) is 0 Å². The summed E-state index contributed by atoms with van der Waals surface area (Å²) in [6.07, 6.45) is -0.822. The average Bonchev–Trinajstić information content (AvgIpc) is 3.02. The predicted octanol–water partition coefficient (Wildman–Crippen LogP) is 6.09. The van der Waals surface area contributed by atoms with Gasteiger partial charge in [-0.1, -0.05) is 59.6 Å². The van der Waals surface area contributed by atoms with Crippen LogP contribution in [-0.4, -0.2) is 14.7 Å². The Balaban J connectivity index is 1.88. The van der Waals surface area contributed by atoms with Gasteiger partial charge in [-0.2, -0.15) is 0 Å². The number of aliphatic hydroxyl groups is 1. The number of imidazole rings is 1. The smallest absolute Gasteiger partial charge is 0.143 e. The summed E-state index contributed by atoms with van der Waals surface area (Å²) < 4.78 is 2.05. The van der Waals surface area contributed by atoms with Crippen molar-refractivity contribution in [3.8, 4) is 0 Å². The molecule has 0 aliphatic rings. The fraction of sp³-hybridized carbons (Fsp3) is 0.174. The third-order valence-corrected chi connectivity index (χ3v) is 5.82. The predicted molar refractivity (Wildman–Crippen MR) is 115 cm³/mol. The van der Waals surface area contributed by atoms with Crippen LogP contribution in [0, 0.1) is 13.8 Å². The van der Waals surface area contributed by atoms with Crippen LogP contribution in [0.3, 0.4) is 0 Å². The highest BCUT2D eigenvalue weighted by atomic mass is 35.5. The molecular formula is C23H20Cl2N2O. The molecule has 0 aliphatic carbocycles. The summed E-state index contributed by atoms with van der Waals surface area (Å²) >= 11 is 12.3. The highest BCUT2D eigenvalue weighted by Gasteiger charge is 2.20. The van der Waals surface area contributed by atoms with Gasteiger partial charge in [-0.25, -0.2) is 4.98 Å². The van der Waals surface area contributed by atoms with E-state index in [2.05, 4.69) is 30.5 Å². The van der Waals surface area contributed by atoms with Gasteiger partial charge >= 0.3 is 0 Å². The van der Waals surface area contributed by atoms with Crippen LogP contribution in [-0.2, 0) is 6.54 Å². The summed E-state index contributed by atoms with van der Waals surface area (Å²) in [4.78, 5) is 4.78. The zero-order chi connectivity index (χ0) is 19.8. The van der Waals surface area contributed by atoms with Gasteiger partial charge in [0, 0.05) is 6.54 Å². The van der Waals surface area contributed by atoms with Crippen LogP contribution < -0.4 is 0 Å². The molecule has 1 heterocycles. The monoisotopic (exact) mass is 410 g/mol. The summed E-state index contributed by atoms with van der Waals surface area (Å²) in [6.45, 7) is 4.69. The lowest BCUT2D eigenvalue weighted by molar-refractivity contribution is 0.206. The molecule has 0 amide bonds. The van der Waals surface area contributed by atoms with Crippen molar-refractivity contribution in [3.05, 3.63) is 98.8 Å². The van der Waals surface area contributed by atoms with Crippen molar-refractivity contribution in [1.29, 1.82) is 0 Å². The average molecular weight is 411 g/mol. The molecule has 4 aromatic rings. The van der Waals surface area contributed by atoms with Crippen LogP contribution in [0.2, 0.25) is 10.0 Å². The SMILES string of the molecule is Cc1cc2nc(C(O)c3ccccc3)n(Cc3ccc(Cl)c(Cl)c3)c2cc1C. The molecule has 1 atom stereocenters. The maximum atomic E-state index is 11.1. The molecule has 0 saturated carbocycles. The Morgan fingerprint density at radius 2 is 1.64 bits per heavy atom. The minimum atomic E-state index is -0.822. The number of aliphatic hydroxyl groups excluding tert-OH is 1. The van der Waals surface area contributed by atoms with Crippen LogP contribution >= 0.6 is 23.2 Å². The van der Waals surface area contributed by atoms with Gasteiger partial charge < -0.3 is 9.67 Å². The van der Waals surface area contributed by atoms with E-state index in [9.17, 15) is 5.11 Å². The molecule has 0 spiro atoms. The molecule has 1 unspecified atom stereocenters. The molecular weight excluding hydrogens is 391 g/mol. The number of hydrogen-bond donors (Lipinski definition) is 1. The van der Waals surface area contributed by atoms with Crippen molar-refractivity contribution < 1.29 is 5.11 Å². The lowest BCUT2D eigenvalue weighted by Crippen LogP contribution is -2.11. The Kier molecular flexibility index (Phi) is 5.15. The Morgan fingerprint density at radius 3 is 2.36 bits per heavy atom. The Labute approximate surface area is 174 Å². The molecule has 3 nitrogen and oxygen atoms in total. The van der Waals surface area contributed by atoms with Crippen molar-refractivity contribution in [2.24, 2.45) is 0 Å². The fourth-order valence-electron chi connectivity index (χ4n) is 3.38. The zero-order valence-electron chi connectivity index (χ0n) is 15.7. The van der Waals surface area contributed by atoms with Gasteiger partial charge in [-0.15, -0.1) is 0 Å². The number of aryl methyl sites for hydroxylation is 2. The third-order valence-electron chi connectivity index (χ3n) is 5.08. The first-order valence-corrected chi connectivity index (χ1v) is 9.84. The Bertz CT molecular complexity index is 1150. The molecule has 0 saturated heterocycles. The molecule has 4 rings (SSSR count). The molecule has 5 heteroatoms. The third kappa shape index (κ3) is 3.53. The second-order valence-electron chi connectivity index (χ2n) is 7.04. The first kappa shape index (κ1) is 19.0. The number of benzene rings is 3. The minimum absolute atomic E-state index is 0.515. The zero-order valence-corrected chi connectivity index (χ0v) is 17.2. The maximum Gasteiger partial charge on any atom is 0.143 e. The van der Waals surface area contributed by atoms with E-state index in [-0.39, 0.29) is 0 Å². The van der Waals surface area contributed by atoms with Crippen LogP contribution in [0.15, 0.2) is 60.7 Å². The molecule has 28 heavy (non-hydrogen) atoms. The van der Waals surface area contributed by atoms with Crippen molar-refractivity contribution in [2.75, 3.05) is 0 Å². The first-order valence-electron chi connectivity index (χ1n) is 9.08. The van der Waals surface area contributed by atoms with E-state index in [1.807, 2.05) is 42.5 Å². The van der Waals surface area contributed by atoms with Crippen LogP contribution in [0.25, 0.3) is 11.0 Å². The normalized spacial score (nSPS) is 12.5. The molecule has 3 aromatic carbocycles. The summed E-state index contributed by atoms with van der Waals surface area (Å²) in [6, 6.07) is 19.4. The number of halogens is 2. The van der Waals surface area contributed by atoms with Gasteiger partial charge in [-0.3, -0.25) is 0 Å². The van der Waals surface area contributed by atoms with Crippen molar-refractivity contribution >= 4 is 34.2 Å². The van der Waals surface area contributed by atoms with Gasteiger partial charge in [0.25, 0.3) is 0 Å². The molecule has 1 aromatic heterocycles. The quantitative estimate of drug-likeness (QED) is 0.441. The van der Waals surface area contributed by atoms with E-state index in [1.165, 1.54) is 11.1 Å². The topological polar surface area (TPSA) is 38.1 Å². The minimum Gasteiger partial charge on any atom is -0.380 e. The maximum absolute atomic E-state index is 11.1. The lowest BCUT2D eigenvalue weighted by Gasteiger charge is -2.15. The fourth-order valence-corrected chi connectivity index (χ4v) is 3.70. The van der Waals surface area contributed by atoms with Gasteiger partial charge in [-0.05, 0) is 60.4 Å². The number of aromatic nitrogens is 2. The summed E-state index contributed by atoms with van der Waals surface area (Å²) in [5.74, 6) is 0.609. The molecule has 0 radical (unpaired) electrons. The van der Waals surface area contributed by atoms with Gasteiger partial charge in [0.1, 0.15) is 11.9 Å². The summed E-state index contributed by atoms with van der Waals surface area (Å²) in [7, 11) is 0. The van der Waals surface area contributed by atoms with E-state index < -0.39 is 6.10 Å². The first-order chi connectivity index (χ1) is 13.4. The van der Waals surface area contributed by atoms with Crippen LogP contribution in [0.5, 0.6) is 0 Å². The Hall–Kier alpha value is -2.33. The highest BCUT2D eigenvalue weighted by molar-refractivity contribution is 6.42. The standard InChI is InChI=1S/C23H20Cl2N2O/c1-14-10-20-21(11-15(14)2)27(13-16-8-9-18(24)19(25)12-16)23(26-20)22(28)17-6-4-3-5-7-17/h3-12,22,28H,13H2,1-2H3. The van der Waals surface area contributed by atoms with E-state index >= 15 is 0 Å². The largest absolute Gasteiger partial charge is 0.380 e. The molecule has 0 aliphatic heterocycles. The summed E-state index contributed by atoms with van der Waals surface area (Å²) in [5.41, 5.74) is 6.01.